The molecule has 1 N–H and O–H groups in total. The van der Waals surface area contributed by atoms with Gasteiger partial charge in [0.2, 0.25) is 0 Å². The predicted molar refractivity (Wildman–Crippen MR) is 102 cm³/mol. The van der Waals surface area contributed by atoms with Gasteiger partial charge in [-0.3, -0.25) is 0 Å². The van der Waals surface area contributed by atoms with Crippen molar-refractivity contribution in [2.45, 2.75) is 6.10 Å². The van der Waals surface area contributed by atoms with Gasteiger partial charge in [0, 0.05) is 0 Å². The molecule has 2 heteroatoms. The van der Waals surface area contributed by atoms with Crippen molar-refractivity contribution in [3.05, 3.63) is 102 Å². The average molecular weight is 328 g/mol. The molecule has 4 rings (SSSR count). The van der Waals surface area contributed by atoms with Gasteiger partial charge in [0.05, 0.1) is 0 Å². The van der Waals surface area contributed by atoms with E-state index in [-0.39, 0.29) is 0 Å². The Labute approximate surface area is 145 Å². The third-order valence-corrected chi connectivity index (χ3v) is 4.50. The number of aliphatic hydroxyl groups excluding tert-OH is 1. The minimum atomic E-state index is -1.29. The van der Waals surface area contributed by atoms with Gasteiger partial charge in [-0.05, 0) is 38.7 Å². The van der Waals surface area contributed by atoms with E-state index in [0.29, 0.717) is 5.56 Å². The molecular formula is C23H17FO. The molecule has 1 unspecified atom stereocenters. The Bertz CT molecular complexity index is 1070. The molecule has 0 amide bonds. The number of aliphatic hydroxyl groups is 1. The Balaban J connectivity index is 1.79. The highest BCUT2D eigenvalue weighted by molar-refractivity contribution is 5.91. The van der Waals surface area contributed by atoms with E-state index < -0.39 is 11.9 Å². The molecule has 1 nitrogen and oxygen atoms in total. The maximum Gasteiger partial charge on any atom is 0.134 e. The topological polar surface area (TPSA) is 20.2 Å². The summed E-state index contributed by atoms with van der Waals surface area (Å²) >= 11 is 0. The van der Waals surface area contributed by atoms with Crippen LogP contribution in [0.3, 0.4) is 0 Å². The van der Waals surface area contributed by atoms with E-state index in [4.69, 9.17) is 0 Å². The first-order chi connectivity index (χ1) is 12.2. The zero-order valence-electron chi connectivity index (χ0n) is 13.6. The SMILES string of the molecule is OC(/C(F)=C/c1cccc2ccccc12)c1cccc2ccccc12. The standard InChI is InChI=1S/C23H17FO/c24-22(15-18-11-5-9-16-7-1-3-12-19(16)18)23(25)21-14-6-10-17-8-2-4-13-20(17)21/h1-15,23,25H/b22-15-. The fraction of sp³-hybridized carbons (Fsp3) is 0.0435. The molecule has 0 radical (unpaired) electrons. The quantitative estimate of drug-likeness (QED) is 0.486. The second kappa shape index (κ2) is 6.50. The number of hydrogen-bond donors (Lipinski definition) is 1. The van der Waals surface area contributed by atoms with E-state index in [0.717, 1.165) is 27.1 Å². The van der Waals surface area contributed by atoms with Crippen LogP contribution in [0.5, 0.6) is 0 Å². The number of hydrogen-bond acceptors (Lipinski definition) is 1. The van der Waals surface area contributed by atoms with E-state index in [2.05, 4.69) is 0 Å². The van der Waals surface area contributed by atoms with Crippen molar-refractivity contribution in [3.63, 3.8) is 0 Å². The molecule has 0 bridgehead atoms. The van der Waals surface area contributed by atoms with Gasteiger partial charge in [0.1, 0.15) is 11.9 Å². The van der Waals surface area contributed by atoms with Crippen molar-refractivity contribution < 1.29 is 9.50 Å². The molecule has 25 heavy (non-hydrogen) atoms. The van der Waals surface area contributed by atoms with E-state index >= 15 is 0 Å². The summed E-state index contributed by atoms with van der Waals surface area (Å²) in [6.07, 6.45) is 0.138. The van der Waals surface area contributed by atoms with Crippen LogP contribution in [-0.4, -0.2) is 5.11 Å². The first kappa shape index (κ1) is 15.6. The fourth-order valence-electron chi connectivity index (χ4n) is 3.24. The second-order valence-corrected chi connectivity index (χ2v) is 6.07. The highest BCUT2D eigenvalue weighted by Gasteiger charge is 2.16. The third kappa shape index (κ3) is 2.92. The van der Waals surface area contributed by atoms with Crippen LogP contribution in [-0.2, 0) is 0 Å². The Morgan fingerprint density at radius 2 is 1.28 bits per heavy atom. The van der Waals surface area contributed by atoms with Crippen LogP contribution in [0.25, 0.3) is 27.6 Å². The molecule has 0 aromatic heterocycles. The third-order valence-electron chi connectivity index (χ3n) is 4.50. The van der Waals surface area contributed by atoms with Crippen LogP contribution < -0.4 is 0 Å². The normalized spacial score (nSPS) is 13.3. The van der Waals surface area contributed by atoms with Gasteiger partial charge in [0.25, 0.3) is 0 Å². The lowest BCUT2D eigenvalue weighted by Crippen LogP contribution is -1.99. The van der Waals surface area contributed by atoms with Gasteiger partial charge in [-0.25, -0.2) is 4.39 Å². The van der Waals surface area contributed by atoms with Gasteiger partial charge in [-0.1, -0.05) is 84.9 Å². The summed E-state index contributed by atoms with van der Waals surface area (Å²) in [5.74, 6) is -0.562. The Morgan fingerprint density at radius 3 is 2.04 bits per heavy atom. The van der Waals surface area contributed by atoms with Crippen LogP contribution in [0.1, 0.15) is 17.2 Å². The van der Waals surface area contributed by atoms with Gasteiger partial charge in [-0.15, -0.1) is 0 Å². The van der Waals surface area contributed by atoms with Crippen molar-refractivity contribution in [3.8, 4) is 0 Å². The summed E-state index contributed by atoms with van der Waals surface area (Å²) in [4.78, 5) is 0. The predicted octanol–water partition coefficient (Wildman–Crippen LogP) is 6.04. The van der Waals surface area contributed by atoms with Crippen LogP contribution in [0, 0.1) is 0 Å². The van der Waals surface area contributed by atoms with Crippen LogP contribution in [0.15, 0.2) is 90.8 Å². The van der Waals surface area contributed by atoms with Gasteiger partial charge in [-0.2, -0.15) is 0 Å². The number of fused-ring (bicyclic) bond motifs is 2. The fourth-order valence-corrected chi connectivity index (χ4v) is 3.24. The minimum absolute atomic E-state index is 0.562. The van der Waals surface area contributed by atoms with Crippen molar-refractivity contribution in [1.29, 1.82) is 0 Å². The molecule has 0 spiro atoms. The van der Waals surface area contributed by atoms with E-state index in [1.165, 1.54) is 6.08 Å². The van der Waals surface area contributed by atoms with Crippen LogP contribution >= 0.6 is 0 Å². The van der Waals surface area contributed by atoms with Crippen LogP contribution in [0.4, 0.5) is 4.39 Å². The van der Waals surface area contributed by atoms with Crippen molar-refractivity contribution in [2.24, 2.45) is 0 Å². The molecular weight excluding hydrogens is 311 g/mol. The van der Waals surface area contributed by atoms with E-state index in [1.54, 1.807) is 6.07 Å². The van der Waals surface area contributed by atoms with Crippen LogP contribution in [0.2, 0.25) is 0 Å². The number of rotatable bonds is 3. The maximum atomic E-state index is 14.8. The molecule has 1 atom stereocenters. The lowest BCUT2D eigenvalue weighted by Gasteiger charge is -2.13. The lowest BCUT2D eigenvalue weighted by atomic mass is 9.98. The first-order valence-electron chi connectivity index (χ1n) is 8.24. The molecule has 0 fully saturated rings. The number of benzene rings is 4. The van der Waals surface area contributed by atoms with Gasteiger partial charge >= 0.3 is 0 Å². The monoisotopic (exact) mass is 328 g/mol. The summed E-state index contributed by atoms with van der Waals surface area (Å²) < 4.78 is 14.8. The average Bonchev–Trinajstić information content (AvgIpc) is 2.67. The highest BCUT2D eigenvalue weighted by Crippen LogP contribution is 2.31. The molecule has 0 saturated heterocycles. The second-order valence-electron chi connectivity index (χ2n) is 6.07. The van der Waals surface area contributed by atoms with Crippen molar-refractivity contribution >= 4 is 27.6 Å². The molecule has 0 saturated carbocycles. The molecule has 4 aromatic carbocycles. The minimum Gasteiger partial charge on any atom is -0.381 e. The summed E-state index contributed by atoms with van der Waals surface area (Å²) in [5, 5.41) is 14.4. The molecule has 0 aliphatic heterocycles. The van der Waals surface area contributed by atoms with E-state index in [9.17, 15) is 9.50 Å². The highest BCUT2D eigenvalue weighted by atomic mass is 19.1. The van der Waals surface area contributed by atoms with E-state index in [1.807, 2.05) is 78.9 Å². The number of halogens is 1. The summed E-state index contributed by atoms with van der Waals surface area (Å²) in [5.41, 5.74) is 1.34. The zero-order valence-corrected chi connectivity index (χ0v) is 13.6. The largest absolute Gasteiger partial charge is 0.381 e. The smallest absolute Gasteiger partial charge is 0.134 e. The van der Waals surface area contributed by atoms with Crippen molar-refractivity contribution in [1.82, 2.24) is 0 Å². The Morgan fingerprint density at radius 1 is 0.720 bits per heavy atom. The molecule has 122 valence electrons. The van der Waals surface area contributed by atoms with Gasteiger partial charge in [0.15, 0.2) is 0 Å². The Kier molecular flexibility index (Phi) is 4.04. The molecule has 0 aliphatic carbocycles. The molecule has 0 heterocycles. The van der Waals surface area contributed by atoms with Crippen molar-refractivity contribution in [2.75, 3.05) is 0 Å². The molecule has 4 aromatic rings. The summed E-state index contributed by atoms with van der Waals surface area (Å²) in [6.45, 7) is 0. The summed E-state index contributed by atoms with van der Waals surface area (Å²) in [6, 6.07) is 26.8. The summed E-state index contributed by atoms with van der Waals surface area (Å²) in [7, 11) is 0. The maximum absolute atomic E-state index is 14.8. The molecule has 0 aliphatic rings. The lowest BCUT2D eigenvalue weighted by molar-refractivity contribution is 0.189. The Hall–Kier alpha value is -2.97. The van der Waals surface area contributed by atoms with Gasteiger partial charge < -0.3 is 5.11 Å². The zero-order chi connectivity index (χ0) is 17.2. The first-order valence-corrected chi connectivity index (χ1v) is 8.24.